The van der Waals surface area contributed by atoms with E-state index in [9.17, 15) is 19.3 Å². The highest BCUT2D eigenvalue weighted by molar-refractivity contribution is 9.10. The first-order chi connectivity index (χ1) is 11.3. The monoisotopic (exact) mass is 416 g/mol. The molecule has 0 bridgehead atoms. The molecule has 0 saturated carbocycles. The van der Waals surface area contributed by atoms with Gasteiger partial charge in [0.15, 0.2) is 5.75 Å². The number of hydrogen-bond acceptors (Lipinski definition) is 4. The smallest absolute Gasteiger partial charge is 0.282 e. The zero-order valence-electron chi connectivity index (χ0n) is 12.3. The standard InChI is InChI=1S/C15H11BrClFN2O4/c1-2-24-14-11(16)6-9(18)7-12(14)19-15(21)10-5-8(17)3-4-13(10)20(22)23/h3-7H,2H2,1H3,(H,19,21). The number of nitro groups is 1. The van der Waals surface area contributed by atoms with Crippen LogP contribution in [-0.4, -0.2) is 17.4 Å². The Hall–Kier alpha value is -2.19. The Kier molecular flexibility index (Phi) is 5.74. The number of benzene rings is 2. The molecule has 126 valence electrons. The van der Waals surface area contributed by atoms with Crippen LogP contribution >= 0.6 is 27.5 Å². The van der Waals surface area contributed by atoms with Crippen molar-refractivity contribution >= 4 is 44.8 Å². The van der Waals surface area contributed by atoms with E-state index in [-0.39, 0.29) is 28.6 Å². The van der Waals surface area contributed by atoms with Gasteiger partial charge in [-0.3, -0.25) is 14.9 Å². The molecule has 1 amide bonds. The highest BCUT2D eigenvalue weighted by atomic mass is 79.9. The first kappa shape index (κ1) is 18.2. The summed E-state index contributed by atoms with van der Waals surface area (Å²) in [5, 5.41) is 13.6. The van der Waals surface area contributed by atoms with Crippen molar-refractivity contribution in [3.05, 3.63) is 61.3 Å². The van der Waals surface area contributed by atoms with Crippen molar-refractivity contribution in [1.29, 1.82) is 0 Å². The normalized spacial score (nSPS) is 10.3. The molecule has 2 aromatic rings. The second kappa shape index (κ2) is 7.59. The van der Waals surface area contributed by atoms with Gasteiger partial charge in [-0.05, 0) is 41.1 Å². The minimum absolute atomic E-state index is 0.0444. The summed E-state index contributed by atoms with van der Waals surface area (Å²) in [4.78, 5) is 22.8. The molecule has 2 rings (SSSR count). The molecule has 0 spiro atoms. The van der Waals surface area contributed by atoms with Gasteiger partial charge in [-0.2, -0.15) is 0 Å². The number of ether oxygens (including phenoxy) is 1. The third-order valence-electron chi connectivity index (χ3n) is 2.95. The average Bonchev–Trinajstić information content (AvgIpc) is 2.50. The molecule has 0 aliphatic rings. The van der Waals surface area contributed by atoms with Crippen LogP contribution in [0.25, 0.3) is 0 Å². The molecule has 0 radical (unpaired) electrons. The van der Waals surface area contributed by atoms with E-state index in [0.29, 0.717) is 4.47 Å². The number of nitrogens with one attached hydrogen (secondary N) is 1. The number of nitro benzene ring substituents is 1. The minimum atomic E-state index is -0.803. The summed E-state index contributed by atoms with van der Waals surface area (Å²) in [5.74, 6) is -1.19. The number of carbonyl (C=O) groups excluding carboxylic acids is 1. The number of hydrogen-bond donors (Lipinski definition) is 1. The van der Waals surface area contributed by atoms with Crippen LogP contribution in [0.5, 0.6) is 5.75 Å². The first-order valence-electron chi connectivity index (χ1n) is 6.70. The van der Waals surface area contributed by atoms with E-state index in [1.807, 2.05) is 0 Å². The third-order valence-corrected chi connectivity index (χ3v) is 3.77. The molecule has 0 unspecified atom stereocenters. The molecule has 0 fully saturated rings. The van der Waals surface area contributed by atoms with Crippen molar-refractivity contribution in [2.24, 2.45) is 0 Å². The van der Waals surface area contributed by atoms with Crippen LogP contribution in [0.4, 0.5) is 15.8 Å². The number of halogens is 3. The lowest BCUT2D eigenvalue weighted by molar-refractivity contribution is -0.385. The van der Waals surface area contributed by atoms with Crippen molar-refractivity contribution in [2.45, 2.75) is 6.92 Å². The van der Waals surface area contributed by atoms with Crippen molar-refractivity contribution in [1.82, 2.24) is 0 Å². The summed E-state index contributed by atoms with van der Waals surface area (Å²) in [6.45, 7) is 2.01. The fraction of sp³-hybridized carbons (Fsp3) is 0.133. The summed E-state index contributed by atoms with van der Waals surface area (Å²) in [7, 11) is 0. The van der Waals surface area contributed by atoms with Crippen LogP contribution in [0, 0.1) is 15.9 Å². The van der Waals surface area contributed by atoms with Crippen molar-refractivity contribution in [3.8, 4) is 5.75 Å². The first-order valence-corrected chi connectivity index (χ1v) is 7.87. The quantitative estimate of drug-likeness (QED) is 0.559. The second-order valence-electron chi connectivity index (χ2n) is 4.57. The summed E-state index contributed by atoms with van der Waals surface area (Å²) in [5.41, 5.74) is -0.608. The van der Waals surface area contributed by atoms with E-state index in [4.69, 9.17) is 16.3 Å². The summed E-state index contributed by atoms with van der Waals surface area (Å²) >= 11 is 8.95. The largest absolute Gasteiger partial charge is 0.491 e. The number of rotatable bonds is 5. The molecule has 1 N–H and O–H groups in total. The maximum absolute atomic E-state index is 13.6. The van der Waals surface area contributed by atoms with Gasteiger partial charge in [0.05, 0.1) is 21.7 Å². The van der Waals surface area contributed by atoms with Gasteiger partial charge in [-0.25, -0.2) is 4.39 Å². The van der Waals surface area contributed by atoms with Crippen LogP contribution in [-0.2, 0) is 0 Å². The van der Waals surface area contributed by atoms with Gasteiger partial charge >= 0.3 is 0 Å². The van der Waals surface area contributed by atoms with Gasteiger partial charge < -0.3 is 10.1 Å². The molecule has 6 nitrogen and oxygen atoms in total. The summed E-state index contributed by atoms with van der Waals surface area (Å²) in [6.07, 6.45) is 0. The van der Waals surface area contributed by atoms with E-state index in [1.54, 1.807) is 6.92 Å². The lowest BCUT2D eigenvalue weighted by atomic mass is 10.1. The van der Waals surface area contributed by atoms with E-state index < -0.39 is 22.3 Å². The fourth-order valence-corrected chi connectivity index (χ4v) is 2.70. The Bertz CT molecular complexity index is 816. The molecule has 2 aromatic carbocycles. The molecule has 24 heavy (non-hydrogen) atoms. The molecule has 9 heteroatoms. The van der Waals surface area contributed by atoms with Crippen molar-refractivity contribution in [2.75, 3.05) is 11.9 Å². The Morgan fingerprint density at radius 1 is 1.42 bits per heavy atom. The minimum Gasteiger partial charge on any atom is -0.491 e. The zero-order valence-corrected chi connectivity index (χ0v) is 14.6. The number of anilines is 1. The van der Waals surface area contributed by atoms with Gasteiger partial charge in [0.2, 0.25) is 0 Å². The molecule has 0 aromatic heterocycles. The van der Waals surface area contributed by atoms with Crippen molar-refractivity contribution in [3.63, 3.8) is 0 Å². The van der Waals surface area contributed by atoms with Crippen LogP contribution in [0.15, 0.2) is 34.8 Å². The maximum Gasteiger partial charge on any atom is 0.282 e. The van der Waals surface area contributed by atoms with Crippen LogP contribution in [0.1, 0.15) is 17.3 Å². The second-order valence-corrected chi connectivity index (χ2v) is 5.86. The van der Waals surface area contributed by atoms with Crippen LogP contribution < -0.4 is 10.1 Å². The topological polar surface area (TPSA) is 81.5 Å². The molecule has 0 saturated heterocycles. The average molecular weight is 418 g/mol. The molecule has 0 aliphatic heterocycles. The Morgan fingerprint density at radius 2 is 2.12 bits per heavy atom. The molecule has 0 atom stereocenters. The molecule has 0 aliphatic carbocycles. The van der Waals surface area contributed by atoms with E-state index in [1.165, 1.54) is 18.2 Å². The number of amides is 1. The van der Waals surface area contributed by atoms with E-state index >= 15 is 0 Å². The van der Waals surface area contributed by atoms with Gasteiger partial charge in [0.1, 0.15) is 11.4 Å². The van der Waals surface area contributed by atoms with Gasteiger partial charge in [0.25, 0.3) is 11.6 Å². The van der Waals surface area contributed by atoms with Gasteiger partial charge in [-0.1, -0.05) is 11.6 Å². The Balaban J connectivity index is 2.44. The summed E-state index contributed by atoms with van der Waals surface area (Å²) in [6, 6.07) is 5.85. The lowest BCUT2D eigenvalue weighted by Gasteiger charge is -2.13. The number of carbonyl (C=O) groups is 1. The van der Waals surface area contributed by atoms with Crippen molar-refractivity contribution < 1.29 is 18.8 Å². The number of nitrogens with zero attached hydrogens (tertiary/aromatic N) is 1. The van der Waals surface area contributed by atoms with Crippen LogP contribution in [0.2, 0.25) is 5.02 Å². The maximum atomic E-state index is 13.6. The molecular weight excluding hydrogens is 407 g/mol. The van der Waals surface area contributed by atoms with Crippen LogP contribution in [0.3, 0.4) is 0 Å². The molecular formula is C15H11BrClFN2O4. The Morgan fingerprint density at radius 3 is 2.75 bits per heavy atom. The lowest BCUT2D eigenvalue weighted by Crippen LogP contribution is -2.15. The zero-order chi connectivity index (χ0) is 17.9. The fourth-order valence-electron chi connectivity index (χ4n) is 1.98. The van der Waals surface area contributed by atoms with Gasteiger partial charge in [-0.15, -0.1) is 0 Å². The molecule has 0 heterocycles. The van der Waals surface area contributed by atoms with E-state index in [0.717, 1.165) is 12.1 Å². The SMILES string of the molecule is CCOc1c(Br)cc(F)cc1NC(=O)c1cc(Cl)ccc1[N+](=O)[O-]. The highest BCUT2D eigenvalue weighted by Gasteiger charge is 2.22. The predicted octanol–water partition coefficient (Wildman–Crippen LogP) is 4.80. The predicted molar refractivity (Wildman–Crippen MR) is 91.3 cm³/mol. The third kappa shape index (κ3) is 4.01. The highest BCUT2D eigenvalue weighted by Crippen LogP contribution is 2.35. The summed E-state index contributed by atoms with van der Waals surface area (Å²) < 4.78 is 19.3. The Labute approximate surface area is 149 Å². The van der Waals surface area contributed by atoms with Gasteiger partial charge in [0, 0.05) is 17.2 Å². The van der Waals surface area contributed by atoms with E-state index in [2.05, 4.69) is 21.2 Å².